The lowest BCUT2D eigenvalue weighted by Gasteiger charge is -2.08. The molecule has 17 heavy (non-hydrogen) atoms. The zero-order chi connectivity index (χ0) is 12.3. The first-order valence-electron chi connectivity index (χ1n) is 5.94. The van der Waals surface area contributed by atoms with Crippen molar-refractivity contribution in [1.82, 2.24) is 9.78 Å². The second kappa shape index (κ2) is 5.15. The number of hydrogen-bond donors (Lipinski definition) is 1. The highest BCUT2D eigenvalue weighted by Gasteiger charge is 2.08. The van der Waals surface area contributed by atoms with Crippen LogP contribution in [-0.4, -0.2) is 14.9 Å². The fourth-order valence-electron chi connectivity index (χ4n) is 2.11. The summed E-state index contributed by atoms with van der Waals surface area (Å²) in [6, 6.07) is 8.42. The number of aryl methyl sites for hydroxylation is 1. The molecule has 0 spiro atoms. The second-order valence-electron chi connectivity index (χ2n) is 4.27. The van der Waals surface area contributed by atoms with Gasteiger partial charge in [-0.05, 0) is 18.9 Å². The lowest BCUT2D eigenvalue weighted by molar-refractivity contribution is 0.280. The van der Waals surface area contributed by atoms with Gasteiger partial charge in [0.05, 0.1) is 19.3 Å². The number of aromatic nitrogens is 2. The van der Waals surface area contributed by atoms with Crippen LogP contribution < -0.4 is 0 Å². The molecular formula is C14H18N2O. The zero-order valence-electron chi connectivity index (χ0n) is 10.3. The van der Waals surface area contributed by atoms with Gasteiger partial charge in [0.2, 0.25) is 0 Å². The number of nitrogens with zero attached hydrogens (tertiary/aromatic N) is 2. The molecule has 0 atom stereocenters. The van der Waals surface area contributed by atoms with E-state index in [1.54, 1.807) is 6.20 Å². The normalized spacial score (nSPS) is 10.8. The number of rotatable bonds is 4. The molecule has 2 aromatic rings. The molecule has 90 valence electrons. The van der Waals surface area contributed by atoms with E-state index in [1.807, 2.05) is 4.68 Å². The summed E-state index contributed by atoms with van der Waals surface area (Å²) < 4.78 is 1.97. The fourth-order valence-corrected chi connectivity index (χ4v) is 2.11. The molecule has 0 bridgehead atoms. The third-order valence-corrected chi connectivity index (χ3v) is 2.96. The summed E-state index contributed by atoms with van der Waals surface area (Å²) in [6.07, 6.45) is 2.65. The minimum atomic E-state index is 0.0665. The lowest BCUT2D eigenvalue weighted by Crippen LogP contribution is -2.06. The van der Waals surface area contributed by atoms with Gasteiger partial charge in [-0.25, -0.2) is 0 Å². The van der Waals surface area contributed by atoms with E-state index in [-0.39, 0.29) is 6.61 Å². The van der Waals surface area contributed by atoms with Crippen LogP contribution in [0.5, 0.6) is 0 Å². The summed E-state index contributed by atoms with van der Waals surface area (Å²) in [5.41, 5.74) is 4.55. The molecule has 0 unspecified atom stereocenters. The molecule has 1 aromatic carbocycles. The van der Waals surface area contributed by atoms with Crippen LogP contribution in [0.3, 0.4) is 0 Å². The van der Waals surface area contributed by atoms with Crippen molar-refractivity contribution in [1.29, 1.82) is 0 Å². The van der Waals surface area contributed by atoms with Crippen molar-refractivity contribution < 1.29 is 5.11 Å². The Labute approximate surface area is 102 Å². The minimum Gasteiger partial charge on any atom is -0.392 e. The highest BCUT2D eigenvalue weighted by molar-refractivity contribution is 5.24. The van der Waals surface area contributed by atoms with Gasteiger partial charge in [0.25, 0.3) is 0 Å². The van der Waals surface area contributed by atoms with E-state index in [0.29, 0.717) is 0 Å². The van der Waals surface area contributed by atoms with Gasteiger partial charge in [-0.1, -0.05) is 36.8 Å². The fraction of sp³-hybridized carbons (Fsp3) is 0.357. The predicted molar refractivity (Wildman–Crippen MR) is 67.8 cm³/mol. The molecule has 0 fully saturated rings. The maximum Gasteiger partial charge on any atom is 0.0715 e. The molecule has 1 aromatic heterocycles. The van der Waals surface area contributed by atoms with Gasteiger partial charge in [0.15, 0.2) is 0 Å². The molecule has 0 saturated heterocycles. The number of aliphatic hydroxyl groups is 1. The minimum absolute atomic E-state index is 0.0665. The Morgan fingerprint density at radius 3 is 2.82 bits per heavy atom. The molecule has 1 N–H and O–H groups in total. The van der Waals surface area contributed by atoms with Crippen LogP contribution in [0.15, 0.2) is 30.5 Å². The molecule has 0 radical (unpaired) electrons. The van der Waals surface area contributed by atoms with Crippen molar-refractivity contribution in [3.8, 4) is 0 Å². The van der Waals surface area contributed by atoms with Crippen LogP contribution >= 0.6 is 0 Å². The van der Waals surface area contributed by atoms with Gasteiger partial charge in [-0.15, -0.1) is 0 Å². The van der Waals surface area contributed by atoms with E-state index in [2.05, 4.69) is 43.2 Å². The Bertz CT molecular complexity index is 503. The van der Waals surface area contributed by atoms with E-state index >= 15 is 0 Å². The Balaban J connectivity index is 2.27. The van der Waals surface area contributed by atoms with Gasteiger partial charge in [0.1, 0.15) is 0 Å². The van der Waals surface area contributed by atoms with Crippen molar-refractivity contribution in [3.05, 3.63) is 52.8 Å². The van der Waals surface area contributed by atoms with E-state index in [9.17, 15) is 5.11 Å². The summed E-state index contributed by atoms with van der Waals surface area (Å²) in [4.78, 5) is 0. The number of benzene rings is 1. The quantitative estimate of drug-likeness (QED) is 0.875. The highest BCUT2D eigenvalue weighted by atomic mass is 16.3. The van der Waals surface area contributed by atoms with Gasteiger partial charge in [-0.3, -0.25) is 4.68 Å². The standard InChI is InChI=1S/C14H18N2O/c1-3-14-13(10-17)8-15-16(14)9-12-6-4-5-11(2)7-12/h4-8,17H,3,9-10H2,1-2H3. The molecule has 0 aliphatic rings. The summed E-state index contributed by atoms with van der Waals surface area (Å²) in [5.74, 6) is 0. The maximum absolute atomic E-state index is 9.22. The Morgan fingerprint density at radius 2 is 2.18 bits per heavy atom. The molecule has 0 saturated carbocycles. The Morgan fingerprint density at radius 1 is 1.35 bits per heavy atom. The summed E-state index contributed by atoms with van der Waals surface area (Å²) in [6.45, 7) is 5.01. The summed E-state index contributed by atoms with van der Waals surface area (Å²) >= 11 is 0. The number of aliphatic hydroxyl groups excluding tert-OH is 1. The maximum atomic E-state index is 9.22. The van der Waals surface area contributed by atoms with Crippen molar-refractivity contribution >= 4 is 0 Å². The van der Waals surface area contributed by atoms with E-state index < -0.39 is 0 Å². The Hall–Kier alpha value is -1.61. The largest absolute Gasteiger partial charge is 0.392 e. The van der Waals surface area contributed by atoms with Gasteiger partial charge >= 0.3 is 0 Å². The Kier molecular flexibility index (Phi) is 3.59. The van der Waals surface area contributed by atoms with Crippen LogP contribution in [0.2, 0.25) is 0 Å². The van der Waals surface area contributed by atoms with Gasteiger partial charge in [0, 0.05) is 11.3 Å². The third-order valence-electron chi connectivity index (χ3n) is 2.96. The molecule has 2 rings (SSSR count). The van der Waals surface area contributed by atoms with Gasteiger partial charge < -0.3 is 5.11 Å². The molecule has 1 heterocycles. The molecule has 3 nitrogen and oxygen atoms in total. The summed E-state index contributed by atoms with van der Waals surface area (Å²) in [7, 11) is 0. The average molecular weight is 230 g/mol. The SMILES string of the molecule is CCc1c(CO)cnn1Cc1cccc(C)c1. The third kappa shape index (κ3) is 2.56. The highest BCUT2D eigenvalue weighted by Crippen LogP contribution is 2.12. The first-order valence-corrected chi connectivity index (χ1v) is 5.94. The van der Waals surface area contributed by atoms with E-state index in [0.717, 1.165) is 24.2 Å². The molecule has 0 amide bonds. The van der Waals surface area contributed by atoms with Crippen LogP contribution in [0.4, 0.5) is 0 Å². The second-order valence-corrected chi connectivity index (χ2v) is 4.27. The van der Waals surface area contributed by atoms with Crippen molar-refractivity contribution in [3.63, 3.8) is 0 Å². The lowest BCUT2D eigenvalue weighted by atomic mass is 10.1. The summed E-state index contributed by atoms with van der Waals surface area (Å²) in [5, 5.41) is 13.6. The first-order chi connectivity index (χ1) is 8.24. The van der Waals surface area contributed by atoms with Crippen LogP contribution in [0.25, 0.3) is 0 Å². The predicted octanol–water partition coefficient (Wildman–Crippen LogP) is 2.29. The van der Waals surface area contributed by atoms with Crippen molar-refractivity contribution in [2.75, 3.05) is 0 Å². The van der Waals surface area contributed by atoms with Crippen LogP contribution in [0, 0.1) is 6.92 Å². The smallest absolute Gasteiger partial charge is 0.0715 e. The van der Waals surface area contributed by atoms with Crippen molar-refractivity contribution in [2.24, 2.45) is 0 Å². The topological polar surface area (TPSA) is 38.1 Å². The number of hydrogen-bond acceptors (Lipinski definition) is 2. The monoisotopic (exact) mass is 230 g/mol. The molecule has 3 heteroatoms. The van der Waals surface area contributed by atoms with Crippen LogP contribution in [-0.2, 0) is 19.6 Å². The molecule has 0 aliphatic heterocycles. The average Bonchev–Trinajstić information content (AvgIpc) is 2.71. The van der Waals surface area contributed by atoms with Crippen molar-refractivity contribution in [2.45, 2.75) is 33.4 Å². The first kappa shape index (κ1) is 11.9. The van der Waals surface area contributed by atoms with E-state index in [1.165, 1.54) is 11.1 Å². The molecule has 0 aliphatic carbocycles. The zero-order valence-corrected chi connectivity index (χ0v) is 10.3. The van der Waals surface area contributed by atoms with E-state index in [4.69, 9.17) is 0 Å². The van der Waals surface area contributed by atoms with Crippen LogP contribution in [0.1, 0.15) is 29.3 Å². The van der Waals surface area contributed by atoms with Gasteiger partial charge in [-0.2, -0.15) is 5.10 Å². The molecular weight excluding hydrogens is 212 g/mol.